The number of ether oxygens (including phenoxy) is 3. The highest BCUT2D eigenvalue weighted by Gasteiger charge is 2.15. The van der Waals surface area contributed by atoms with Gasteiger partial charge in [-0.3, -0.25) is 4.79 Å². The first-order valence-electron chi connectivity index (χ1n) is 8.96. The number of nitrogens with zero attached hydrogens (tertiary/aromatic N) is 1. The fourth-order valence-corrected chi connectivity index (χ4v) is 2.91. The summed E-state index contributed by atoms with van der Waals surface area (Å²) in [6.45, 7) is 1.37. The Hall–Kier alpha value is -3.48. The fraction of sp³-hybridized carbons (Fsp3) is 0.238. The molecular formula is C21H20N2O5. The molecule has 1 amide bonds. The van der Waals surface area contributed by atoms with Crippen LogP contribution in [0.15, 0.2) is 53.1 Å². The highest BCUT2D eigenvalue weighted by Crippen LogP contribution is 2.34. The normalized spacial score (nSPS) is 12.5. The lowest BCUT2D eigenvalue weighted by Crippen LogP contribution is -2.24. The van der Waals surface area contributed by atoms with Crippen LogP contribution in [0.2, 0.25) is 0 Å². The number of methoxy groups -OCH3 is 1. The van der Waals surface area contributed by atoms with E-state index in [4.69, 9.17) is 18.7 Å². The van der Waals surface area contributed by atoms with Gasteiger partial charge in [0.1, 0.15) is 24.7 Å². The Morgan fingerprint density at radius 2 is 1.86 bits per heavy atom. The van der Waals surface area contributed by atoms with Crippen LogP contribution < -0.4 is 19.5 Å². The maximum absolute atomic E-state index is 12.1. The Bertz CT molecular complexity index is 965. The molecule has 0 fully saturated rings. The minimum Gasteiger partial charge on any atom is -0.497 e. The van der Waals surface area contributed by atoms with Crippen molar-refractivity contribution in [2.45, 2.75) is 13.0 Å². The van der Waals surface area contributed by atoms with Gasteiger partial charge in [0.15, 0.2) is 17.3 Å². The maximum Gasteiger partial charge on any atom is 0.224 e. The lowest BCUT2D eigenvalue weighted by atomic mass is 10.1. The summed E-state index contributed by atoms with van der Waals surface area (Å²) in [4.78, 5) is 12.1. The third-order valence-electron chi connectivity index (χ3n) is 4.38. The van der Waals surface area contributed by atoms with Crippen molar-refractivity contribution in [3.63, 3.8) is 0 Å². The molecule has 1 aromatic heterocycles. The molecule has 7 nitrogen and oxygen atoms in total. The summed E-state index contributed by atoms with van der Waals surface area (Å²) in [7, 11) is 1.61. The van der Waals surface area contributed by atoms with E-state index >= 15 is 0 Å². The second kappa shape index (κ2) is 8.04. The Morgan fingerprint density at radius 1 is 1.07 bits per heavy atom. The fourth-order valence-electron chi connectivity index (χ4n) is 2.91. The van der Waals surface area contributed by atoms with E-state index in [0.29, 0.717) is 37.0 Å². The molecule has 1 aliphatic rings. The van der Waals surface area contributed by atoms with Gasteiger partial charge in [-0.05, 0) is 35.9 Å². The first-order valence-corrected chi connectivity index (χ1v) is 8.96. The van der Waals surface area contributed by atoms with Crippen LogP contribution in [0.4, 0.5) is 0 Å². The van der Waals surface area contributed by atoms with Crippen LogP contribution in [0.3, 0.4) is 0 Å². The van der Waals surface area contributed by atoms with E-state index in [1.165, 1.54) is 0 Å². The van der Waals surface area contributed by atoms with Gasteiger partial charge in [0.05, 0.1) is 20.1 Å². The van der Waals surface area contributed by atoms with Crippen LogP contribution in [0.1, 0.15) is 11.3 Å². The van der Waals surface area contributed by atoms with Crippen molar-refractivity contribution in [2.75, 3.05) is 20.3 Å². The number of amides is 1. The smallest absolute Gasteiger partial charge is 0.224 e. The van der Waals surface area contributed by atoms with Gasteiger partial charge >= 0.3 is 0 Å². The second-order valence-corrected chi connectivity index (χ2v) is 6.34. The van der Waals surface area contributed by atoms with Gasteiger partial charge < -0.3 is 24.1 Å². The molecule has 2 heterocycles. The van der Waals surface area contributed by atoms with Crippen LogP contribution in [0.5, 0.6) is 17.2 Å². The van der Waals surface area contributed by atoms with Gasteiger partial charge in [-0.25, -0.2) is 0 Å². The number of nitrogens with one attached hydrogen (secondary N) is 1. The van der Waals surface area contributed by atoms with E-state index in [2.05, 4.69) is 10.5 Å². The zero-order valence-electron chi connectivity index (χ0n) is 15.4. The molecule has 0 saturated carbocycles. The van der Waals surface area contributed by atoms with Crippen molar-refractivity contribution in [1.82, 2.24) is 10.5 Å². The molecule has 0 unspecified atom stereocenters. The lowest BCUT2D eigenvalue weighted by Gasteiger charge is -2.18. The van der Waals surface area contributed by atoms with Crippen LogP contribution >= 0.6 is 0 Å². The number of hydrogen-bond acceptors (Lipinski definition) is 6. The predicted molar refractivity (Wildman–Crippen MR) is 101 cm³/mol. The number of rotatable bonds is 6. The zero-order chi connectivity index (χ0) is 19.3. The molecule has 0 radical (unpaired) electrons. The van der Waals surface area contributed by atoms with Gasteiger partial charge in [-0.15, -0.1) is 0 Å². The van der Waals surface area contributed by atoms with Crippen molar-refractivity contribution in [1.29, 1.82) is 0 Å². The summed E-state index contributed by atoms with van der Waals surface area (Å²) >= 11 is 0. The highest BCUT2D eigenvalue weighted by atomic mass is 16.6. The molecule has 28 heavy (non-hydrogen) atoms. The van der Waals surface area contributed by atoms with Crippen molar-refractivity contribution >= 4 is 5.91 Å². The predicted octanol–water partition coefficient (Wildman–Crippen LogP) is 2.98. The molecule has 0 aliphatic carbocycles. The van der Waals surface area contributed by atoms with Gasteiger partial charge in [0.2, 0.25) is 5.91 Å². The highest BCUT2D eigenvalue weighted by molar-refractivity contribution is 5.78. The van der Waals surface area contributed by atoms with Gasteiger partial charge in [-0.1, -0.05) is 17.3 Å². The molecule has 7 heteroatoms. The summed E-state index contributed by atoms with van der Waals surface area (Å²) in [6.07, 6.45) is 0.289. The van der Waals surface area contributed by atoms with E-state index in [1.54, 1.807) is 13.2 Å². The van der Waals surface area contributed by atoms with Crippen molar-refractivity contribution in [3.8, 4) is 28.6 Å². The number of carbonyl (C=O) groups excluding carboxylic acids is 1. The molecule has 144 valence electrons. The average molecular weight is 380 g/mol. The molecular weight excluding hydrogens is 360 g/mol. The molecule has 4 rings (SSSR count). The molecule has 0 bridgehead atoms. The van der Waals surface area contributed by atoms with E-state index in [1.807, 2.05) is 42.5 Å². The molecule has 0 atom stereocenters. The topological polar surface area (TPSA) is 82.8 Å². The Morgan fingerprint density at radius 3 is 2.64 bits per heavy atom. The largest absolute Gasteiger partial charge is 0.497 e. The molecule has 1 aliphatic heterocycles. The second-order valence-electron chi connectivity index (χ2n) is 6.34. The molecule has 0 saturated heterocycles. The molecule has 0 spiro atoms. The number of carbonyl (C=O) groups is 1. The van der Waals surface area contributed by atoms with Crippen LogP contribution in [-0.4, -0.2) is 31.4 Å². The molecule has 1 N–H and O–H groups in total. The number of aromatic nitrogens is 1. The summed E-state index contributed by atoms with van der Waals surface area (Å²) in [5.74, 6) is 2.69. The van der Waals surface area contributed by atoms with E-state index in [0.717, 1.165) is 22.6 Å². The van der Waals surface area contributed by atoms with Crippen molar-refractivity contribution in [3.05, 3.63) is 59.8 Å². The van der Waals surface area contributed by atoms with E-state index < -0.39 is 0 Å². The average Bonchev–Trinajstić information content (AvgIpc) is 3.21. The summed E-state index contributed by atoms with van der Waals surface area (Å²) in [5, 5.41) is 6.88. The first-order chi connectivity index (χ1) is 13.7. The minimum absolute atomic E-state index is 0.0888. The summed E-state index contributed by atoms with van der Waals surface area (Å²) in [5.41, 5.74) is 2.40. The minimum atomic E-state index is -0.0888. The van der Waals surface area contributed by atoms with Gasteiger partial charge in [-0.2, -0.15) is 0 Å². The van der Waals surface area contributed by atoms with E-state index in [9.17, 15) is 4.79 Å². The third kappa shape index (κ3) is 4.09. The maximum atomic E-state index is 12.1. The Balaban J connectivity index is 1.35. The number of benzene rings is 2. The SMILES string of the molecule is COc1ccc(CC(=O)NCc2cc(-c3ccc4c(c3)OCCO4)on2)cc1. The van der Waals surface area contributed by atoms with Gasteiger partial charge in [0, 0.05) is 11.6 Å². The van der Waals surface area contributed by atoms with Gasteiger partial charge in [0.25, 0.3) is 0 Å². The van der Waals surface area contributed by atoms with E-state index in [-0.39, 0.29) is 12.3 Å². The standard InChI is InChI=1S/C21H20N2O5/c1-25-17-5-2-14(3-6-17)10-21(24)22-13-16-12-19(28-23-16)15-4-7-18-20(11-15)27-9-8-26-18/h2-7,11-12H,8-10,13H2,1H3,(H,22,24). The number of fused-ring (bicyclic) bond motifs is 1. The Kier molecular flexibility index (Phi) is 5.14. The van der Waals surface area contributed by atoms with Crippen LogP contribution in [0, 0.1) is 0 Å². The monoisotopic (exact) mass is 380 g/mol. The Labute approximate surface area is 162 Å². The van der Waals surface area contributed by atoms with Crippen LogP contribution in [-0.2, 0) is 17.8 Å². The first kappa shape index (κ1) is 17.9. The zero-order valence-corrected chi connectivity index (χ0v) is 15.4. The third-order valence-corrected chi connectivity index (χ3v) is 4.38. The lowest BCUT2D eigenvalue weighted by molar-refractivity contribution is -0.120. The number of hydrogen-bond donors (Lipinski definition) is 1. The summed E-state index contributed by atoms with van der Waals surface area (Å²) in [6, 6.07) is 14.8. The van der Waals surface area contributed by atoms with Crippen molar-refractivity contribution < 1.29 is 23.5 Å². The summed E-state index contributed by atoms with van der Waals surface area (Å²) < 4.78 is 21.6. The van der Waals surface area contributed by atoms with Crippen LogP contribution in [0.25, 0.3) is 11.3 Å². The quantitative estimate of drug-likeness (QED) is 0.708. The molecule has 2 aromatic carbocycles. The van der Waals surface area contributed by atoms with Crippen molar-refractivity contribution in [2.24, 2.45) is 0 Å². The molecule has 3 aromatic rings.